The minimum atomic E-state index is -0.636. The zero-order chi connectivity index (χ0) is 20.1. The molecule has 9 nitrogen and oxygen atoms in total. The minimum Gasteiger partial charge on any atom is -0.453 e. The number of aromatic nitrogens is 3. The van der Waals surface area contributed by atoms with Crippen LogP contribution >= 0.6 is 11.6 Å². The molecule has 2 heterocycles. The number of benzene rings is 1. The molecule has 3 rings (SSSR count). The number of hydrogen-bond donors (Lipinski definition) is 4. The fraction of sp³-hybridized carbons (Fsp3) is 0.222. The molecule has 0 bridgehead atoms. The van der Waals surface area contributed by atoms with Gasteiger partial charge in [0.25, 0.3) is 0 Å². The smallest absolute Gasteiger partial charge is 0.412 e. The van der Waals surface area contributed by atoms with E-state index >= 15 is 0 Å². The van der Waals surface area contributed by atoms with Crippen LogP contribution in [-0.2, 0) is 4.74 Å². The third kappa shape index (κ3) is 4.49. The second-order valence-electron chi connectivity index (χ2n) is 5.91. The molecule has 3 aromatic rings. The van der Waals surface area contributed by atoms with Crippen LogP contribution in [-0.4, -0.2) is 34.4 Å². The van der Waals surface area contributed by atoms with E-state index in [2.05, 4.69) is 35.9 Å². The van der Waals surface area contributed by atoms with Crippen LogP contribution in [0.1, 0.15) is 24.9 Å². The summed E-state index contributed by atoms with van der Waals surface area (Å²) in [5.41, 5.74) is 1.55. The highest BCUT2D eigenvalue weighted by Gasteiger charge is 2.15. The number of fused-ring (bicyclic) bond motifs is 1. The van der Waals surface area contributed by atoms with Crippen LogP contribution in [0.5, 0.6) is 0 Å². The Morgan fingerprint density at radius 1 is 1.25 bits per heavy atom. The van der Waals surface area contributed by atoms with Gasteiger partial charge in [-0.05, 0) is 24.1 Å². The number of ether oxygens (including phenoxy) is 1. The van der Waals surface area contributed by atoms with Crippen LogP contribution in [0.4, 0.5) is 21.2 Å². The third-order valence-electron chi connectivity index (χ3n) is 4.08. The van der Waals surface area contributed by atoms with Crippen molar-refractivity contribution < 1.29 is 14.3 Å². The third-order valence-corrected chi connectivity index (χ3v) is 4.33. The van der Waals surface area contributed by atoms with Gasteiger partial charge in [0.1, 0.15) is 5.82 Å². The number of urea groups is 1. The molecule has 146 valence electrons. The van der Waals surface area contributed by atoms with E-state index in [-0.39, 0.29) is 12.1 Å². The number of carbonyl (C=O) groups is 2. The summed E-state index contributed by atoms with van der Waals surface area (Å²) in [4.78, 5) is 27.9. The first-order valence-electron chi connectivity index (χ1n) is 8.52. The lowest BCUT2D eigenvalue weighted by molar-refractivity contribution is 0.187. The van der Waals surface area contributed by atoms with Gasteiger partial charge in [0.15, 0.2) is 5.82 Å². The molecule has 10 heteroatoms. The number of amides is 3. The number of rotatable bonds is 5. The first-order valence-corrected chi connectivity index (χ1v) is 8.90. The van der Waals surface area contributed by atoms with Crippen molar-refractivity contribution in [2.45, 2.75) is 19.4 Å². The minimum absolute atomic E-state index is 0.163. The molecule has 1 aromatic carbocycles. The van der Waals surface area contributed by atoms with Crippen molar-refractivity contribution in [3.8, 4) is 0 Å². The highest BCUT2D eigenvalue weighted by Crippen LogP contribution is 2.22. The molecule has 1 atom stereocenters. The molecule has 0 spiro atoms. The number of hydrogen-bond acceptors (Lipinski definition) is 5. The Kier molecular flexibility index (Phi) is 5.95. The van der Waals surface area contributed by atoms with E-state index in [1.54, 1.807) is 18.2 Å². The number of halogens is 1. The summed E-state index contributed by atoms with van der Waals surface area (Å²) in [6.45, 7) is 1.98. The lowest BCUT2D eigenvalue weighted by Crippen LogP contribution is -2.32. The summed E-state index contributed by atoms with van der Waals surface area (Å²) in [5.74, 6) is 0.628. The van der Waals surface area contributed by atoms with E-state index in [1.807, 2.05) is 19.1 Å². The number of H-pyrrole nitrogens is 1. The summed E-state index contributed by atoms with van der Waals surface area (Å²) < 4.78 is 4.54. The SMILES string of the molecule is CC[C@@H](NC(=O)Nc1cc2[nH]nc(NC(=O)OC)c2cn1)c1ccc(Cl)cc1. The van der Waals surface area contributed by atoms with E-state index in [4.69, 9.17) is 11.6 Å². The normalized spacial score (nSPS) is 11.7. The molecule has 0 aliphatic rings. The van der Waals surface area contributed by atoms with E-state index in [0.717, 1.165) is 5.56 Å². The van der Waals surface area contributed by atoms with Gasteiger partial charge in [0.05, 0.1) is 24.1 Å². The van der Waals surface area contributed by atoms with Gasteiger partial charge in [0, 0.05) is 17.3 Å². The number of aromatic amines is 1. The molecule has 0 fully saturated rings. The van der Waals surface area contributed by atoms with Crippen molar-refractivity contribution in [2.75, 3.05) is 17.7 Å². The standard InChI is InChI=1S/C18H19ClN6O3/c1-3-13(10-4-6-11(19)7-5-10)21-17(26)22-15-8-14-12(9-20-15)16(25-24-14)23-18(27)28-2/h4-9,13H,3H2,1-2H3,(H2,20,21,22,26)(H2,23,24,25,27)/t13-/m1/s1. The Morgan fingerprint density at radius 2 is 2.00 bits per heavy atom. The number of methoxy groups -OCH3 is 1. The molecule has 3 amide bonds. The van der Waals surface area contributed by atoms with Gasteiger partial charge in [-0.25, -0.2) is 14.6 Å². The number of nitrogens with zero attached hydrogens (tertiary/aromatic N) is 2. The van der Waals surface area contributed by atoms with Crippen molar-refractivity contribution in [3.63, 3.8) is 0 Å². The largest absolute Gasteiger partial charge is 0.453 e. The number of carbonyl (C=O) groups excluding carboxylic acids is 2. The molecule has 0 saturated carbocycles. The van der Waals surface area contributed by atoms with Crippen molar-refractivity contribution in [3.05, 3.63) is 47.1 Å². The summed E-state index contributed by atoms with van der Waals surface area (Å²) in [7, 11) is 1.26. The molecule has 0 saturated heterocycles. The topological polar surface area (TPSA) is 121 Å². The van der Waals surface area contributed by atoms with Crippen LogP contribution in [0.2, 0.25) is 5.02 Å². The predicted molar refractivity (Wildman–Crippen MR) is 107 cm³/mol. The van der Waals surface area contributed by atoms with Crippen molar-refractivity contribution >= 4 is 46.3 Å². The van der Waals surface area contributed by atoms with E-state index < -0.39 is 6.09 Å². The second kappa shape index (κ2) is 8.57. The van der Waals surface area contributed by atoms with Crippen LogP contribution in [0.25, 0.3) is 10.9 Å². The number of anilines is 2. The second-order valence-corrected chi connectivity index (χ2v) is 6.35. The Labute approximate surface area is 165 Å². The quantitative estimate of drug-likeness (QED) is 0.512. The van der Waals surface area contributed by atoms with Crippen molar-refractivity contribution in [1.29, 1.82) is 0 Å². The highest BCUT2D eigenvalue weighted by molar-refractivity contribution is 6.30. The predicted octanol–water partition coefficient (Wildman–Crippen LogP) is 4.06. The van der Waals surface area contributed by atoms with E-state index in [9.17, 15) is 9.59 Å². The van der Waals surface area contributed by atoms with Crippen molar-refractivity contribution in [1.82, 2.24) is 20.5 Å². The van der Waals surface area contributed by atoms with Crippen LogP contribution in [0, 0.1) is 0 Å². The van der Waals surface area contributed by atoms with Crippen LogP contribution < -0.4 is 16.0 Å². The lowest BCUT2D eigenvalue weighted by atomic mass is 10.1. The summed E-state index contributed by atoms with van der Waals surface area (Å²) in [5, 5.41) is 16.1. The zero-order valence-corrected chi connectivity index (χ0v) is 16.0. The molecular formula is C18H19ClN6O3. The highest BCUT2D eigenvalue weighted by atomic mass is 35.5. The number of nitrogens with one attached hydrogen (secondary N) is 4. The van der Waals surface area contributed by atoms with Gasteiger partial charge in [-0.1, -0.05) is 30.7 Å². The molecule has 0 radical (unpaired) electrons. The van der Waals surface area contributed by atoms with Crippen molar-refractivity contribution in [2.24, 2.45) is 0 Å². The van der Waals surface area contributed by atoms with E-state index in [1.165, 1.54) is 13.3 Å². The Hall–Kier alpha value is -3.33. The van der Waals surface area contributed by atoms with Gasteiger partial charge < -0.3 is 10.1 Å². The van der Waals surface area contributed by atoms with Gasteiger partial charge in [0.2, 0.25) is 0 Å². The average molecular weight is 403 g/mol. The summed E-state index contributed by atoms with van der Waals surface area (Å²) >= 11 is 5.91. The molecule has 2 aromatic heterocycles. The maximum Gasteiger partial charge on any atom is 0.412 e. The van der Waals surface area contributed by atoms with Gasteiger partial charge >= 0.3 is 12.1 Å². The molecular weight excluding hydrogens is 384 g/mol. The number of pyridine rings is 1. The van der Waals surface area contributed by atoms with Crippen LogP contribution in [0.3, 0.4) is 0 Å². The maximum atomic E-state index is 12.4. The first-order chi connectivity index (χ1) is 13.5. The Morgan fingerprint density at radius 3 is 2.68 bits per heavy atom. The zero-order valence-electron chi connectivity index (χ0n) is 15.2. The molecule has 0 unspecified atom stereocenters. The summed E-state index contributed by atoms with van der Waals surface area (Å²) in [6, 6.07) is 8.39. The molecule has 28 heavy (non-hydrogen) atoms. The first kappa shape index (κ1) is 19.4. The maximum absolute atomic E-state index is 12.4. The van der Waals surface area contributed by atoms with E-state index in [0.29, 0.717) is 34.0 Å². The van der Waals surface area contributed by atoms with Gasteiger partial charge in [-0.3, -0.25) is 15.7 Å². The van der Waals surface area contributed by atoms with Gasteiger partial charge in [-0.15, -0.1) is 0 Å². The Balaban J connectivity index is 1.68. The summed E-state index contributed by atoms with van der Waals surface area (Å²) in [6.07, 6.45) is 1.57. The van der Waals surface area contributed by atoms with Crippen LogP contribution in [0.15, 0.2) is 36.5 Å². The lowest BCUT2D eigenvalue weighted by Gasteiger charge is -2.17. The molecule has 4 N–H and O–H groups in total. The fourth-order valence-electron chi connectivity index (χ4n) is 2.65. The molecule has 0 aliphatic heterocycles. The monoisotopic (exact) mass is 402 g/mol. The van der Waals surface area contributed by atoms with Gasteiger partial charge in [-0.2, -0.15) is 5.10 Å². The fourth-order valence-corrected chi connectivity index (χ4v) is 2.78. The molecule has 0 aliphatic carbocycles. The average Bonchev–Trinajstić information content (AvgIpc) is 3.08. The Bertz CT molecular complexity index is 989.